The first kappa shape index (κ1) is 30.5. The van der Waals surface area contributed by atoms with E-state index in [2.05, 4.69) is 56.9 Å². The Bertz CT molecular complexity index is 957. The molecule has 2 rings (SSSR count). The van der Waals surface area contributed by atoms with Crippen molar-refractivity contribution < 1.29 is 9.53 Å². The molecule has 2 aromatic rings. The zero-order valence-corrected chi connectivity index (χ0v) is 21.3. The van der Waals surface area contributed by atoms with Gasteiger partial charge in [0.25, 0.3) is 0 Å². The Morgan fingerprint density at radius 3 is 1.94 bits per heavy atom. The summed E-state index contributed by atoms with van der Waals surface area (Å²) in [6.45, 7) is 9.87. The number of unbranched alkanes of at least 4 members (excludes halogenated alkanes) is 1. The summed E-state index contributed by atoms with van der Waals surface area (Å²) in [4.78, 5) is 12.9. The number of aryl methyl sites for hydroxylation is 1. The number of hydrogen-bond acceptors (Lipinski definition) is 3. The normalized spacial score (nSPS) is 13.7. The second-order valence-electron chi connectivity index (χ2n) is 7.73. The molecule has 2 N–H and O–H groups in total. The van der Waals surface area contributed by atoms with Crippen molar-refractivity contribution in [1.82, 2.24) is 0 Å². The molecular weight excluding hydrogens is 418 g/mol. The van der Waals surface area contributed by atoms with Crippen LogP contribution in [-0.4, -0.2) is 12.0 Å². The maximum atomic E-state index is 12.9. The average molecular weight is 458 g/mol. The van der Waals surface area contributed by atoms with Gasteiger partial charge >= 0.3 is 5.97 Å². The highest BCUT2D eigenvalue weighted by atomic mass is 16.6. The quantitative estimate of drug-likeness (QED) is 0.263. The number of rotatable bonds is 9. The van der Waals surface area contributed by atoms with Gasteiger partial charge < -0.3 is 10.5 Å². The maximum Gasteiger partial charge on any atom is 0.324 e. The van der Waals surface area contributed by atoms with Gasteiger partial charge in [-0.25, -0.2) is 0 Å². The summed E-state index contributed by atoms with van der Waals surface area (Å²) in [5.41, 5.74) is 9.93. The fraction of sp³-hybridized carbons (Fsp3) is 0.323. The SMILES string of the molecule is C#C.C#C.C/C=C(C)\C(=C/C)C(OC(=O)[C@H](C)N)(c1ccccc1)c1ccc(CCCC)cc1. The third-order valence-corrected chi connectivity index (χ3v) is 5.51. The van der Waals surface area contributed by atoms with Crippen molar-refractivity contribution in [3.8, 4) is 25.7 Å². The van der Waals surface area contributed by atoms with Crippen LogP contribution in [0.25, 0.3) is 0 Å². The highest BCUT2D eigenvalue weighted by Crippen LogP contribution is 2.44. The van der Waals surface area contributed by atoms with Gasteiger partial charge in [0.1, 0.15) is 6.04 Å². The molecule has 2 aromatic carbocycles. The summed E-state index contributed by atoms with van der Waals surface area (Å²) in [5.74, 6) is -0.433. The van der Waals surface area contributed by atoms with Crippen LogP contribution < -0.4 is 5.73 Å². The van der Waals surface area contributed by atoms with Crippen LogP contribution >= 0.6 is 0 Å². The second-order valence-corrected chi connectivity index (χ2v) is 7.73. The van der Waals surface area contributed by atoms with Gasteiger partial charge in [-0.15, -0.1) is 25.7 Å². The summed E-state index contributed by atoms with van der Waals surface area (Å²) >= 11 is 0. The first-order chi connectivity index (χ1) is 16.4. The minimum atomic E-state index is -1.07. The average Bonchev–Trinajstić information content (AvgIpc) is 2.90. The molecule has 0 saturated carbocycles. The van der Waals surface area contributed by atoms with Crippen LogP contribution in [0, 0.1) is 25.7 Å². The largest absolute Gasteiger partial charge is 0.443 e. The van der Waals surface area contributed by atoms with Crippen molar-refractivity contribution in [3.05, 3.63) is 94.6 Å². The van der Waals surface area contributed by atoms with Crippen molar-refractivity contribution in [2.24, 2.45) is 5.73 Å². The number of terminal acetylenes is 2. The van der Waals surface area contributed by atoms with E-state index in [1.165, 1.54) is 5.56 Å². The zero-order chi connectivity index (χ0) is 26.1. The molecule has 0 amide bonds. The van der Waals surface area contributed by atoms with E-state index in [0.717, 1.165) is 41.5 Å². The lowest BCUT2D eigenvalue weighted by Crippen LogP contribution is -2.41. The van der Waals surface area contributed by atoms with Gasteiger partial charge in [0.15, 0.2) is 5.60 Å². The molecule has 0 aliphatic heterocycles. The molecule has 0 heterocycles. The number of carbonyl (C=O) groups excluding carboxylic acids is 1. The van der Waals surface area contributed by atoms with Crippen LogP contribution in [0.15, 0.2) is 77.9 Å². The second kappa shape index (κ2) is 16.1. The monoisotopic (exact) mass is 457 g/mol. The molecule has 0 bridgehead atoms. The van der Waals surface area contributed by atoms with Crippen LogP contribution in [0.5, 0.6) is 0 Å². The molecular formula is C31H39NO2. The smallest absolute Gasteiger partial charge is 0.324 e. The molecule has 3 heteroatoms. The minimum Gasteiger partial charge on any atom is -0.443 e. The van der Waals surface area contributed by atoms with E-state index in [-0.39, 0.29) is 0 Å². The van der Waals surface area contributed by atoms with E-state index < -0.39 is 17.6 Å². The molecule has 1 unspecified atom stereocenters. The molecule has 34 heavy (non-hydrogen) atoms. The number of nitrogens with two attached hydrogens (primary N) is 1. The van der Waals surface area contributed by atoms with Gasteiger partial charge in [0.05, 0.1) is 0 Å². The molecule has 0 spiro atoms. The fourth-order valence-electron chi connectivity index (χ4n) is 3.72. The minimum absolute atomic E-state index is 0.433. The third kappa shape index (κ3) is 7.51. The van der Waals surface area contributed by atoms with Crippen LogP contribution in [-0.2, 0) is 21.6 Å². The lowest BCUT2D eigenvalue weighted by atomic mass is 9.76. The summed E-state index contributed by atoms with van der Waals surface area (Å²) in [5, 5.41) is 0. The lowest BCUT2D eigenvalue weighted by Gasteiger charge is -2.38. The van der Waals surface area contributed by atoms with E-state index in [9.17, 15) is 4.79 Å². The zero-order valence-electron chi connectivity index (χ0n) is 21.3. The van der Waals surface area contributed by atoms with Crippen molar-refractivity contribution in [1.29, 1.82) is 0 Å². The number of benzene rings is 2. The Morgan fingerprint density at radius 2 is 1.50 bits per heavy atom. The Kier molecular flexibility index (Phi) is 14.5. The summed E-state index contributed by atoms with van der Waals surface area (Å²) in [6.07, 6.45) is 23.4. The predicted octanol–water partition coefficient (Wildman–Crippen LogP) is 6.57. The lowest BCUT2D eigenvalue weighted by molar-refractivity contribution is -0.154. The van der Waals surface area contributed by atoms with Crippen molar-refractivity contribution in [2.75, 3.05) is 0 Å². The van der Waals surface area contributed by atoms with E-state index in [1.54, 1.807) is 6.92 Å². The summed E-state index contributed by atoms with van der Waals surface area (Å²) in [7, 11) is 0. The standard InChI is InChI=1S/C27H35NO2.2C2H2/c1-6-9-13-22-16-18-24(19-17-22)27(30-26(29)21(5)28,23-14-11-10-12-15-23)25(8-3)20(4)7-2;2*1-2/h7-8,10-12,14-19,21H,6,9,13,28H2,1-5H3;2*1-2H/b20-7-,25-8+;;/t21-,27?;;/m0../s1. The van der Waals surface area contributed by atoms with Gasteiger partial charge in [0, 0.05) is 16.7 Å². The van der Waals surface area contributed by atoms with Gasteiger partial charge in [0.2, 0.25) is 0 Å². The molecule has 0 radical (unpaired) electrons. The van der Waals surface area contributed by atoms with Crippen LogP contribution in [0.1, 0.15) is 64.2 Å². The van der Waals surface area contributed by atoms with E-state index in [0.29, 0.717) is 0 Å². The molecule has 0 fully saturated rings. The highest BCUT2D eigenvalue weighted by Gasteiger charge is 2.43. The van der Waals surface area contributed by atoms with Crippen molar-refractivity contribution in [3.63, 3.8) is 0 Å². The Labute approximate surface area is 207 Å². The van der Waals surface area contributed by atoms with Crippen LogP contribution in [0.3, 0.4) is 0 Å². The van der Waals surface area contributed by atoms with E-state index in [4.69, 9.17) is 10.5 Å². The Balaban J connectivity index is 0.00000258. The first-order valence-electron chi connectivity index (χ1n) is 11.5. The van der Waals surface area contributed by atoms with Crippen molar-refractivity contribution in [2.45, 2.75) is 65.5 Å². The van der Waals surface area contributed by atoms with Crippen LogP contribution in [0.2, 0.25) is 0 Å². The predicted molar refractivity (Wildman–Crippen MR) is 145 cm³/mol. The number of ether oxygens (including phenoxy) is 1. The molecule has 0 aliphatic carbocycles. The fourth-order valence-corrected chi connectivity index (χ4v) is 3.72. The molecule has 0 saturated heterocycles. The Morgan fingerprint density at radius 1 is 0.971 bits per heavy atom. The molecule has 2 atom stereocenters. The van der Waals surface area contributed by atoms with Gasteiger partial charge in [-0.05, 0) is 51.7 Å². The Hall–Kier alpha value is -3.53. The summed E-state index contributed by atoms with van der Waals surface area (Å²) in [6, 6.07) is 17.6. The number of hydrogen-bond donors (Lipinski definition) is 1. The number of carbonyl (C=O) groups is 1. The van der Waals surface area contributed by atoms with Gasteiger partial charge in [-0.3, -0.25) is 4.79 Å². The molecule has 180 valence electrons. The third-order valence-electron chi connectivity index (χ3n) is 5.51. The molecule has 0 aliphatic rings. The molecule has 0 aromatic heterocycles. The maximum absolute atomic E-state index is 12.9. The number of allylic oxidation sites excluding steroid dienone is 2. The molecule has 3 nitrogen and oxygen atoms in total. The van der Waals surface area contributed by atoms with Crippen LogP contribution in [0.4, 0.5) is 0 Å². The van der Waals surface area contributed by atoms with Gasteiger partial charge in [-0.2, -0.15) is 0 Å². The summed E-state index contributed by atoms with van der Waals surface area (Å²) < 4.78 is 6.30. The van der Waals surface area contributed by atoms with Crippen molar-refractivity contribution >= 4 is 5.97 Å². The first-order valence-corrected chi connectivity index (χ1v) is 11.5. The topological polar surface area (TPSA) is 52.3 Å². The number of esters is 1. The van der Waals surface area contributed by atoms with E-state index in [1.807, 2.05) is 63.3 Å². The van der Waals surface area contributed by atoms with E-state index >= 15 is 0 Å². The van der Waals surface area contributed by atoms with Gasteiger partial charge in [-0.1, -0.05) is 80.1 Å². The highest BCUT2D eigenvalue weighted by molar-refractivity contribution is 5.77.